The number of carboxylic acids is 1. The van der Waals surface area contributed by atoms with Crippen molar-refractivity contribution in [3.8, 4) is 0 Å². The third-order valence-electron chi connectivity index (χ3n) is 4.24. The van der Waals surface area contributed by atoms with E-state index in [9.17, 15) is 4.79 Å². The molecule has 0 radical (unpaired) electrons. The zero-order valence-corrected chi connectivity index (χ0v) is 11.8. The van der Waals surface area contributed by atoms with E-state index in [1.165, 1.54) is 16.7 Å². The summed E-state index contributed by atoms with van der Waals surface area (Å²) in [5.74, 6) is -0.757. The van der Waals surface area contributed by atoms with Gasteiger partial charge >= 0.3 is 5.97 Å². The van der Waals surface area contributed by atoms with Gasteiger partial charge in [0.2, 0.25) is 0 Å². The zero-order chi connectivity index (χ0) is 13.8. The predicted molar refractivity (Wildman–Crippen MR) is 76.1 cm³/mol. The minimum Gasteiger partial charge on any atom is -0.481 e. The first-order valence-corrected chi connectivity index (χ1v) is 7.08. The maximum atomic E-state index is 10.9. The summed E-state index contributed by atoms with van der Waals surface area (Å²) < 4.78 is 0. The number of rotatable bonds is 4. The summed E-state index contributed by atoms with van der Waals surface area (Å²) in [6, 6.07) is 7.02. The zero-order valence-electron chi connectivity index (χ0n) is 11.8. The van der Waals surface area contributed by atoms with Crippen LogP contribution in [0.1, 0.15) is 42.4 Å². The van der Waals surface area contributed by atoms with Crippen molar-refractivity contribution in [1.82, 2.24) is 5.32 Å². The molecule has 1 fully saturated rings. The van der Waals surface area contributed by atoms with Gasteiger partial charge in [-0.25, -0.2) is 0 Å². The van der Waals surface area contributed by atoms with Crippen LogP contribution in [0.25, 0.3) is 0 Å². The maximum Gasteiger partial charge on any atom is 0.306 e. The predicted octanol–water partition coefficient (Wildman–Crippen LogP) is 3.04. The van der Waals surface area contributed by atoms with Gasteiger partial charge in [-0.05, 0) is 56.2 Å². The highest BCUT2D eigenvalue weighted by molar-refractivity contribution is 5.70. The molecule has 104 valence electrons. The lowest BCUT2D eigenvalue weighted by Gasteiger charge is -2.27. The van der Waals surface area contributed by atoms with Crippen LogP contribution < -0.4 is 5.32 Å². The molecular formula is C16H23NO2. The second-order valence-corrected chi connectivity index (χ2v) is 5.69. The van der Waals surface area contributed by atoms with Crippen LogP contribution in [0.15, 0.2) is 18.2 Å². The third-order valence-corrected chi connectivity index (χ3v) is 4.24. The van der Waals surface area contributed by atoms with Crippen molar-refractivity contribution >= 4 is 5.97 Å². The standard InChI is InChI=1S/C16H23NO2/c1-11-3-4-13(9-12(11)2)10-17-15-7-5-14(6-8-15)16(18)19/h3-4,9,14-15,17H,5-8,10H2,1-2H3,(H,18,19). The van der Waals surface area contributed by atoms with Crippen LogP contribution in [0, 0.1) is 19.8 Å². The topological polar surface area (TPSA) is 49.3 Å². The van der Waals surface area contributed by atoms with Crippen LogP contribution in [-0.2, 0) is 11.3 Å². The second kappa shape index (κ2) is 6.20. The Labute approximate surface area is 115 Å². The van der Waals surface area contributed by atoms with Crippen LogP contribution in [0.4, 0.5) is 0 Å². The van der Waals surface area contributed by atoms with E-state index in [2.05, 4.69) is 37.4 Å². The van der Waals surface area contributed by atoms with Gasteiger partial charge in [-0.2, -0.15) is 0 Å². The quantitative estimate of drug-likeness (QED) is 0.876. The summed E-state index contributed by atoms with van der Waals surface area (Å²) in [4.78, 5) is 10.9. The number of hydrogen-bond donors (Lipinski definition) is 2. The molecule has 3 heteroatoms. The monoisotopic (exact) mass is 261 g/mol. The smallest absolute Gasteiger partial charge is 0.306 e. The number of hydrogen-bond acceptors (Lipinski definition) is 2. The van der Waals surface area contributed by atoms with E-state index >= 15 is 0 Å². The highest BCUT2D eigenvalue weighted by Crippen LogP contribution is 2.24. The van der Waals surface area contributed by atoms with Crippen molar-refractivity contribution in [2.75, 3.05) is 0 Å². The minimum absolute atomic E-state index is 0.125. The highest BCUT2D eigenvalue weighted by atomic mass is 16.4. The molecule has 0 saturated heterocycles. The Morgan fingerprint density at radius 3 is 2.47 bits per heavy atom. The molecular weight excluding hydrogens is 238 g/mol. The van der Waals surface area contributed by atoms with Crippen molar-refractivity contribution < 1.29 is 9.90 Å². The van der Waals surface area contributed by atoms with E-state index in [1.54, 1.807) is 0 Å². The Kier molecular flexibility index (Phi) is 4.59. The first kappa shape index (κ1) is 14.1. The minimum atomic E-state index is -0.632. The average Bonchev–Trinajstić information content (AvgIpc) is 2.40. The molecule has 0 bridgehead atoms. The van der Waals surface area contributed by atoms with E-state index in [0.29, 0.717) is 6.04 Å². The summed E-state index contributed by atoms with van der Waals surface area (Å²) in [6.07, 6.45) is 3.56. The molecule has 0 unspecified atom stereocenters. The summed E-state index contributed by atoms with van der Waals surface area (Å²) in [5, 5.41) is 12.5. The van der Waals surface area contributed by atoms with E-state index in [-0.39, 0.29) is 5.92 Å². The lowest BCUT2D eigenvalue weighted by molar-refractivity contribution is -0.142. The Morgan fingerprint density at radius 1 is 1.21 bits per heavy atom. The number of carboxylic acid groups (broad SMARTS) is 1. The fourth-order valence-electron chi connectivity index (χ4n) is 2.72. The Hall–Kier alpha value is -1.35. The normalized spacial score (nSPS) is 23.3. The molecule has 0 heterocycles. The number of benzene rings is 1. The van der Waals surface area contributed by atoms with Gasteiger partial charge in [0.1, 0.15) is 0 Å². The highest BCUT2D eigenvalue weighted by Gasteiger charge is 2.25. The SMILES string of the molecule is Cc1ccc(CNC2CCC(C(=O)O)CC2)cc1C. The van der Waals surface area contributed by atoms with E-state index < -0.39 is 5.97 Å². The first-order valence-electron chi connectivity index (χ1n) is 7.08. The average molecular weight is 261 g/mol. The van der Waals surface area contributed by atoms with Crippen molar-refractivity contribution in [3.05, 3.63) is 34.9 Å². The molecule has 0 aromatic heterocycles. The molecule has 1 aliphatic rings. The fraction of sp³-hybridized carbons (Fsp3) is 0.562. The molecule has 0 aliphatic heterocycles. The maximum absolute atomic E-state index is 10.9. The molecule has 3 nitrogen and oxygen atoms in total. The molecule has 2 N–H and O–H groups in total. The van der Waals surface area contributed by atoms with Crippen molar-refractivity contribution in [1.29, 1.82) is 0 Å². The fourth-order valence-corrected chi connectivity index (χ4v) is 2.72. The van der Waals surface area contributed by atoms with Gasteiger partial charge in [-0.15, -0.1) is 0 Å². The Balaban J connectivity index is 1.80. The van der Waals surface area contributed by atoms with Gasteiger partial charge < -0.3 is 10.4 Å². The van der Waals surface area contributed by atoms with Crippen LogP contribution in [0.3, 0.4) is 0 Å². The molecule has 1 aromatic rings. The van der Waals surface area contributed by atoms with Gasteiger partial charge in [0.25, 0.3) is 0 Å². The lowest BCUT2D eigenvalue weighted by atomic mass is 9.86. The van der Waals surface area contributed by atoms with Gasteiger partial charge in [0, 0.05) is 12.6 Å². The van der Waals surface area contributed by atoms with Crippen LogP contribution in [-0.4, -0.2) is 17.1 Å². The molecule has 0 spiro atoms. The summed E-state index contributed by atoms with van der Waals surface area (Å²) in [7, 11) is 0. The van der Waals surface area contributed by atoms with E-state index in [1.807, 2.05) is 0 Å². The Morgan fingerprint density at radius 2 is 1.89 bits per heavy atom. The molecule has 0 atom stereocenters. The van der Waals surface area contributed by atoms with Gasteiger partial charge in [-0.3, -0.25) is 4.79 Å². The Bertz CT molecular complexity index is 448. The summed E-state index contributed by atoms with van der Waals surface area (Å²) in [5.41, 5.74) is 3.96. The summed E-state index contributed by atoms with van der Waals surface area (Å²) in [6.45, 7) is 5.14. The number of aliphatic carboxylic acids is 1. The summed E-state index contributed by atoms with van der Waals surface area (Å²) >= 11 is 0. The van der Waals surface area contributed by atoms with Crippen LogP contribution in [0.5, 0.6) is 0 Å². The molecule has 2 rings (SSSR count). The molecule has 19 heavy (non-hydrogen) atoms. The number of carbonyl (C=O) groups is 1. The molecule has 1 aliphatic carbocycles. The second-order valence-electron chi connectivity index (χ2n) is 5.69. The first-order chi connectivity index (χ1) is 9.06. The lowest BCUT2D eigenvalue weighted by Crippen LogP contribution is -2.34. The third kappa shape index (κ3) is 3.80. The largest absolute Gasteiger partial charge is 0.481 e. The van der Waals surface area contributed by atoms with Gasteiger partial charge in [-0.1, -0.05) is 18.2 Å². The van der Waals surface area contributed by atoms with Gasteiger partial charge in [0.05, 0.1) is 5.92 Å². The van der Waals surface area contributed by atoms with Crippen molar-refractivity contribution in [2.45, 2.75) is 52.1 Å². The number of nitrogens with one attached hydrogen (secondary N) is 1. The number of aryl methyl sites for hydroxylation is 2. The molecule has 0 amide bonds. The van der Waals surface area contributed by atoms with Crippen molar-refractivity contribution in [3.63, 3.8) is 0 Å². The van der Waals surface area contributed by atoms with Crippen LogP contribution in [0.2, 0.25) is 0 Å². The molecule has 1 aromatic carbocycles. The van der Waals surface area contributed by atoms with Crippen molar-refractivity contribution in [2.24, 2.45) is 5.92 Å². The van der Waals surface area contributed by atoms with E-state index in [4.69, 9.17) is 5.11 Å². The van der Waals surface area contributed by atoms with Crippen LogP contribution >= 0.6 is 0 Å². The van der Waals surface area contributed by atoms with Gasteiger partial charge in [0.15, 0.2) is 0 Å². The van der Waals surface area contributed by atoms with E-state index in [0.717, 1.165) is 32.2 Å². The molecule has 1 saturated carbocycles.